The normalized spacial score (nSPS) is 21.2. The van der Waals surface area contributed by atoms with Gasteiger partial charge in [-0.3, -0.25) is 9.79 Å². The third kappa shape index (κ3) is 5.79. The number of nitrogens with two attached hydrogens (primary N) is 1. The van der Waals surface area contributed by atoms with Gasteiger partial charge in [0.1, 0.15) is 0 Å². The van der Waals surface area contributed by atoms with Crippen molar-refractivity contribution in [2.75, 3.05) is 49.6 Å². The van der Waals surface area contributed by atoms with Gasteiger partial charge in [-0.25, -0.2) is 0 Å². The highest BCUT2D eigenvalue weighted by Gasteiger charge is 2.23. The molecule has 0 saturated carbocycles. The van der Waals surface area contributed by atoms with E-state index in [4.69, 9.17) is 5.73 Å². The number of hydrogen-bond donors (Lipinski definition) is 2. The standard InChI is InChI=1S/C20H31N5OS/c1-22-20(25-8-2-3-17(15-25)13-19(21)26)23-14-16-4-6-18(7-5-16)24-9-11-27-12-10-24/h4-7,17H,2-3,8-15H2,1H3,(H2,21,26)(H,22,23). The van der Waals surface area contributed by atoms with Gasteiger partial charge < -0.3 is 20.9 Å². The molecule has 2 fully saturated rings. The smallest absolute Gasteiger partial charge is 0.217 e. The summed E-state index contributed by atoms with van der Waals surface area (Å²) in [6.45, 7) is 4.84. The fourth-order valence-electron chi connectivity index (χ4n) is 3.87. The first kappa shape index (κ1) is 19.9. The highest BCUT2D eigenvalue weighted by atomic mass is 32.2. The molecule has 6 nitrogen and oxygen atoms in total. The zero-order valence-corrected chi connectivity index (χ0v) is 17.0. The Morgan fingerprint density at radius 3 is 2.67 bits per heavy atom. The molecule has 1 atom stereocenters. The summed E-state index contributed by atoms with van der Waals surface area (Å²) >= 11 is 2.03. The lowest BCUT2D eigenvalue weighted by atomic mass is 9.95. The van der Waals surface area contributed by atoms with E-state index in [0.717, 1.165) is 51.5 Å². The van der Waals surface area contributed by atoms with Crippen molar-refractivity contribution in [3.05, 3.63) is 29.8 Å². The molecule has 1 unspecified atom stereocenters. The average molecular weight is 390 g/mol. The number of aliphatic imine (C=N–C) groups is 1. The van der Waals surface area contributed by atoms with Crippen molar-refractivity contribution in [1.29, 1.82) is 0 Å². The number of amides is 1. The van der Waals surface area contributed by atoms with E-state index in [2.05, 4.69) is 44.4 Å². The summed E-state index contributed by atoms with van der Waals surface area (Å²) in [5.74, 6) is 3.45. The van der Waals surface area contributed by atoms with Crippen molar-refractivity contribution in [3.8, 4) is 0 Å². The van der Waals surface area contributed by atoms with Crippen LogP contribution in [0.3, 0.4) is 0 Å². The van der Waals surface area contributed by atoms with Crippen LogP contribution in [0.5, 0.6) is 0 Å². The van der Waals surface area contributed by atoms with Crippen LogP contribution in [-0.4, -0.2) is 61.5 Å². The first-order valence-corrected chi connectivity index (χ1v) is 11.0. The Labute approximate surface area is 166 Å². The molecule has 2 aliphatic heterocycles. The lowest BCUT2D eigenvalue weighted by Crippen LogP contribution is -2.46. The van der Waals surface area contributed by atoms with Crippen LogP contribution in [-0.2, 0) is 11.3 Å². The van der Waals surface area contributed by atoms with E-state index in [1.807, 2.05) is 18.8 Å². The minimum absolute atomic E-state index is 0.211. The minimum atomic E-state index is -0.211. The second kappa shape index (κ2) is 9.88. The second-order valence-electron chi connectivity index (χ2n) is 7.29. The molecule has 0 bridgehead atoms. The number of carbonyl (C=O) groups is 1. The largest absolute Gasteiger partial charge is 0.370 e. The van der Waals surface area contributed by atoms with Crippen molar-refractivity contribution >= 4 is 29.3 Å². The van der Waals surface area contributed by atoms with Crippen LogP contribution in [0.2, 0.25) is 0 Å². The van der Waals surface area contributed by atoms with Crippen LogP contribution in [0, 0.1) is 5.92 Å². The van der Waals surface area contributed by atoms with E-state index in [9.17, 15) is 4.79 Å². The van der Waals surface area contributed by atoms with Crippen LogP contribution in [0.25, 0.3) is 0 Å². The van der Waals surface area contributed by atoms with Crippen LogP contribution in [0.1, 0.15) is 24.8 Å². The summed E-state index contributed by atoms with van der Waals surface area (Å²) in [4.78, 5) is 20.4. The van der Waals surface area contributed by atoms with Gasteiger partial charge in [-0.1, -0.05) is 12.1 Å². The average Bonchev–Trinajstić information content (AvgIpc) is 2.69. The number of anilines is 1. The fraction of sp³-hybridized carbons (Fsp3) is 0.600. The van der Waals surface area contributed by atoms with E-state index in [1.54, 1.807) is 0 Å². The third-order valence-corrected chi connectivity index (χ3v) is 6.23. The summed E-state index contributed by atoms with van der Waals surface area (Å²) in [7, 11) is 1.82. The highest BCUT2D eigenvalue weighted by Crippen LogP contribution is 2.21. The van der Waals surface area contributed by atoms with Gasteiger partial charge in [0.05, 0.1) is 0 Å². The van der Waals surface area contributed by atoms with E-state index in [-0.39, 0.29) is 5.91 Å². The molecule has 7 heteroatoms. The number of nitrogens with zero attached hydrogens (tertiary/aromatic N) is 3. The van der Waals surface area contributed by atoms with Gasteiger partial charge in [0, 0.05) is 63.4 Å². The van der Waals surface area contributed by atoms with Crippen molar-refractivity contribution in [2.24, 2.45) is 16.6 Å². The molecule has 3 rings (SSSR count). The number of thioether (sulfide) groups is 1. The Balaban J connectivity index is 1.52. The van der Waals surface area contributed by atoms with Crippen LogP contribution in [0.15, 0.2) is 29.3 Å². The SMILES string of the molecule is CN=C(NCc1ccc(N2CCSCC2)cc1)N1CCCC(CC(N)=O)C1. The van der Waals surface area contributed by atoms with Crippen molar-refractivity contribution in [1.82, 2.24) is 10.2 Å². The predicted octanol–water partition coefficient (Wildman–Crippen LogP) is 1.90. The number of guanidine groups is 1. The molecule has 3 N–H and O–H groups in total. The maximum Gasteiger partial charge on any atom is 0.217 e. The highest BCUT2D eigenvalue weighted by molar-refractivity contribution is 7.99. The Morgan fingerprint density at radius 1 is 1.26 bits per heavy atom. The maximum atomic E-state index is 11.2. The number of primary amides is 1. The zero-order chi connectivity index (χ0) is 19.1. The Bertz CT molecular complexity index is 642. The molecule has 0 spiro atoms. The lowest BCUT2D eigenvalue weighted by Gasteiger charge is -2.34. The topological polar surface area (TPSA) is 74.0 Å². The number of benzene rings is 1. The third-order valence-electron chi connectivity index (χ3n) is 5.28. The molecular weight excluding hydrogens is 358 g/mol. The number of piperidine rings is 1. The summed E-state index contributed by atoms with van der Waals surface area (Å²) in [5, 5.41) is 3.47. The molecule has 27 heavy (non-hydrogen) atoms. The molecule has 0 radical (unpaired) electrons. The monoisotopic (exact) mass is 389 g/mol. The molecule has 1 amide bonds. The van der Waals surface area contributed by atoms with Gasteiger partial charge in [-0.15, -0.1) is 0 Å². The molecular formula is C20H31N5OS. The summed E-state index contributed by atoms with van der Waals surface area (Å²) in [6, 6.07) is 8.84. The number of nitrogens with one attached hydrogen (secondary N) is 1. The Kier molecular flexibility index (Phi) is 7.26. The predicted molar refractivity (Wildman–Crippen MR) is 114 cm³/mol. The summed E-state index contributed by atoms with van der Waals surface area (Å²) in [5.41, 5.74) is 7.93. The minimum Gasteiger partial charge on any atom is -0.370 e. The molecule has 1 aromatic rings. The van der Waals surface area contributed by atoms with Gasteiger partial charge in [0.25, 0.3) is 0 Å². The van der Waals surface area contributed by atoms with E-state index < -0.39 is 0 Å². The van der Waals surface area contributed by atoms with Crippen molar-refractivity contribution in [2.45, 2.75) is 25.8 Å². The molecule has 2 saturated heterocycles. The first-order valence-electron chi connectivity index (χ1n) is 9.81. The van der Waals surface area contributed by atoms with Crippen molar-refractivity contribution < 1.29 is 4.79 Å². The molecule has 0 aliphatic carbocycles. The van der Waals surface area contributed by atoms with E-state index >= 15 is 0 Å². The number of carbonyl (C=O) groups excluding carboxylic acids is 1. The lowest BCUT2D eigenvalue weighted by molar-refractivity contribution is -0.119. The van der Waals surface area contributed by atoms with Crippen molar-refractivity contribution in [3.63, 3.8) is 0 Å². The van der Waals surface area contributed by atoms with E-state index in [0.29, 0.717) is 12.3 Å². The van der Waals surface area contributed by atoms with E-state index in [1.165, 1.54) is 22.8 Å². The number of rotatable bonds is 5. The molecule has 148 valence electrons. The zero-order valence-electron chi connectivity index (χ0n) is 16.2. The maximum absolute atomic E-state index is 11.2. The summed E-state index contributed by atoms with van der Waals surface area (Å²) in [6.07, 6.45) is 2.60. The van der Waals surface area contributed by atoms with Crippen LogP contribution < -0.4 is 16.0 Å². The summed E-state index contributed by atoms with van der Waals surface area (Å²) < 4.78 is 0. The first-order chi connectivity index (χ1) is 13.2. The fourth-order valence-corrected chi connectivity index (χ4v) is 4.77. The van der Waals surface area contributed by atoms with Gasteiger partial charge >= 0.3 is 0 Å². The van der Waals surface area contributed by atoms with Gasteiger partial charge in [0.2, 0.25) is 5.91 Å². The van der Waals surface area contributed by atoms with Gasteiger partial charge in [-0.2, -0.15) is 11.8 Å². The van der Waals surface area contributed by atoms with Crippen LogP contribution >= 0.6 is 11.8 Å². The molecule has 2 heterocycles. The number of likely N-dealkylation sites (tertiary alicyclic amines) is 1. The number of hydrogen-bond acceptors (Lipinski definition) is 4. The molecule has 2 aliphatic rings. The molecule has 1 aromatic carbocycles. The van der Waals surface area contributed by atoms with Crippen LogP contribution in [0.4, 0.5) is 5.69 Å². The molecule has 0 aromatic heterocycles. The quantitative estimate of drug-likeness (QED) is 0.594. The Morgan fingerprint density at radius 2 is 2.00 bits per heavy atom. The van der Waals surface area contributed by atoms with Gasteiger partial charge in [-0.05, 0) is 36.5 Å². The second-order valence-corrected chi connectivity index (χ2v) is 8.52. The van der Waals surface area contributed by atoms with Gasteiger partial charge in [0.15, 0.2) is 5.96 Å². The Hall–Kier alpha value is -1.89.